The van der Waals surface area contributed by atoms with Crippen LogP contribution in [0.4, 0.5) is 11.4 Å². The quantitative estimate of drug-likeness (QED) is 0.247. The van der Waals surface area contributed by atoms with E-state index in [2.05, 4.69) is 20.9 Å². The van der Waals surface area contributed by atoms with Gasteiger partial charge in [0.25, 0.3) is 11.2 Å². The molecule has 37 heavy (non-hydrogen) atoms. The first-order valence-corrected chi connectivity index (χ1v) is 13.1. The largest absolute Gasteiger partial charge is 0.463 e. The first-order chi connectivity index (χ1) is 17.5. The number of rotatable bonds is 6. The maximum atomic E-state index is 13.7. The van der Waals surface area contributed by atoms with Gasteiger partial charge in [-0.3, -0.25) is 19.5 Å². The molecule has 1 aromatic heterocycles. The van der Waals surface area contributed by atoms with Crippen LogP contribution in [0, 0.1) is 17.0 Å². The van der Waals surface area contributed by atoms with Gasteiger partial charge in [0.05, 0.1) is 39.1 Å². The molecule has 0 spiro atoms. The zero-order valence-electron chi connectivity index (χ0n) is 20.9. The van der Waals surface area contributed by atoms with Crippen LogP contribution >= 0.6 is 27.3 Å². The summed E-state index contributed by atoms with van der Waals surface area (Å²) in [4.78, 5) is 44.9. The number of carbonyl (C=O) groups excluding carboxylic acids is 1. The molecule has 0 radical (unpaired) electrons. The number of ether oxygens (including phenoxy) is 1. The Balaban J connectivity index is 1.96. The Morgan fingerprint density at radius 3 is 2.62 bits per heavy atom. The third-order valence-electron chi connectivity index (χ3n) is 6.01. The van der Waals surface area contributed by atoms with E-state index in [1.165, 1.54) is 22.0 Å². The van der Waals surface area contributed by atoms with Crippen molar-refractivity contribution in [3.05, 3.63) is 98.6 Å². The highest BCUT2D eigenvalue weighted by Gasteiger charge is 2.34. The number of allylic oxidation sites excluding steroid dienone is 1. The predicted molar refractivity (Wildman–Crippen MR) is 147 cm³/mol. The smallest absolute Gasteiger partial charge is 0.338 e. The van der Waals surface area contributed by atoms with Gasteiger partial charge in [-0.15, -0.1) is 0 Å². The summed E-state index contributed by atoms with van der Waals surface area (Å²) >= 11 is 4.77. The van der Waals surface area contributed by atoms with Crippen LogP contribution < -0.4 is 19.8 Å². The zero-order valence-corrected chi connectivity index (χ0v) is 23.3. The Kier molecular flexibility index (Phi) is 7.47. The Labute approximate surface area is 225 Å². The number of carbonyl (C=O) groups is 1. The van der Waals surface area contributed by atoms with Crippen molar-refractivity contribution >= 4 is 50.7 Å². The number of aryl methyl sites for hydroxylation is 1. The molecule has 0 fully saturated rings. The molecule has 1 aliphatic rings. The van der Waals surface area contributed by atoms with Gasteiger partial charge in [-0.05, 0) is 66.0 Å². The number of hydrogen-bond acceptors (Lipinski definition) is 8. The molecule has 1 atom stereocenters. The molecular formula is C26H25BrN4O5S. The minimum atomic E-state index is -0.917. The van der Waals surface area contributed by atoms with E-state index in [9.17, 15) is 19.7 Å². The zero-order chi connectivity index (χ0) is 27.0. The Morgan fingerprint density at radius 1 is 1.27 bits per heavy atom. The van der Waals surface area contributed by atoms with Gasteiger partial charge in [0.15, 0.2) is 4.80 Å². The number of aromatic nitrogens is 1. The van der Waals surface area contributed by atoms with E-state index in [1.54, 1.807) is 39.0 Å². The van der Waals surface area contributed by atoms with Crippen molar-refractivity contribution in [2.45, 2.75) is 26.8 Å². The number of nitrogens with zero attached hydrogens (tertiary/aromatic N) is 4. The molecule has 0 unspecified atom stereocenters. The fourth-order valence-corrected chi connectivity index (χ4v) is 6.02. The standard InChI is InChI=1S/C26H25BrN4O5S/c1-6-36-25(33)22-15(3)28-26-30(23(22)17-9-7-14(2)20(13-17)31(34)35)24(32)21(37-26)12-16-8-10-19(29(4)5)18(27)11-16/h7-13,23H,6H2,1-5H3/b21-12+/t23-/m1/s1. The van der Waals surface area contributed by atoms with Crippen molar-refractivity contribution in [3.8, 4) is 0 Å². The second-order valence-corrected chi connectivity index (χ2v) is 10.6. The van der Waals surface area contributed by atoms with E-state index < -0.39 is 16.9 Å². The summed E-state index contributed by atoms with van der Waals surface area (Å²) in [6.45, 7) is 5.14. The first kappa shape index (κ1) is 26.5. The minimum absolute atomic E-state index is 0.0941. The predicted octanol–water partition coefficient (Wildman–Crippen LogP) is 3.84. The molecule has 0 saturated carbocycles. The van der Waals surface area contributed by atoms with Crippen molar-refractivity contribution in [2.75, 3.05) is 25.6 Å². The number of anilines is 1. The van der Waals surface area contributed by atoms with Crippen LogP contribution in [0.5, 0.6) is 0 Å². The van der Waals surface area contributed by atoms with Crippen molar-refractivity contribution in [3.63, 3.8) is 0 Å². The van der Waals surface area contributed by atoms with Gasteiger partial charge in [0, 0.05) is 30.2 Å². The van der Waals surface area contributed by atoms with Gasteiger partial charge in [0.1, 0.15) is 0 Å². The monoisotopic (exact) mass is 584 g/mol. The molecule has 0 saturated heterocycles. The number of thiazole rings is 1. The molecule has 4 rings (SSSR count). The number of benzene rings is 2. The number of fused-ring (bicyclic) bond motifs is 1. The van der Waals surface area contributed by atoms with Gasteiger partial charge in [-0.2, -0.15) is 0 Å². The molecule has 0 amide bonds. The molecule has 1 aliphatic heterocycles. The van der Waals surface area contributed by atoms with Crippen LogP contribution in [0.25, 0.3) is 6.08 Å². The summed E-state index contributed by atoms with van der Waals surface area (Å²) in [6, 6.07) is 9.58. The minimum Gasteiger partial charge on any atom is -0.463 e. The lowest BCUT2D eigenvalue weighted by atomic mass is 9.94. The van der Waals surface area contributed by atoms with E-state index in [-0.39, 0.29) is 23.4 Å². The molecular weight excluding hydrogens is 560 g/mol. The van der Waals surface area contributed by atoms with Crippen molar-refractivity contribution in [1.29, 1.82) is 0 Å². The third-order valence-corrected chi connectivity index (χ3v) is 7.63. The molecule has 0 N–H and O–H groups in total. The molecule has 0 bridgehead atoms. The Bertz CT molecular complexity index is 1640. The van der Waals surface area contributed by atoms with E-state index in [1.807, 2.05) is 37.2 Å². The molecule has 3 aromatic rings. The molecule has 192 valence electrons. The number of hydrogen-bond donors (Lipinski definition) is 0. The number of nitro benzene ring substituents is 1. The highest BCUT2D eigenvalue weighted by Crippen LogP contribution is 2.33. The van der Waals surface area contributed by atoms with Crippen LogP contribution in [0.3, 0.4) is 0 Å². The van der Waals surface area contributed by atoms with Gasteiger partial charge >= 0.3 is 5.97 Å². The number of nitro groups is 1. The fraction of sp³-hybridized carbons (Fsp3) is 0.269. The summed E-state index contributed by atoms with van der Waals surface area (Å²) in [5, 5.41) is 11.7. The molecule has 11 heteroatoms. The van der Waals surface area contributed by atoms with Crippen LogP contribution in [0.2, 0.25) is 0 Å². The second-order valence-electron chi connectivity index (χ2n) is 8.71. The van der Waals surface area contributed by atoms with E-state index in [0.717, 1.165) is 15.7 Å². The highest BCUT2D eigenvalue weighted by atomic mass is 79.9. The fourth-order valence-electron chi connectivity index (χ4n) is 4.23. The maximum absolute atomic E-state index is 13.7. The van der Waals surface area contributed by atoms with Crippen LogP contribution in [-0.4, -0.2) is 36.2 Å². The molecule has 0 aliphatic carbocycles. The molecule has 9 nitrogen and oxygen atoms in total. The summed E-state index contributed by atoms with van der Waals surface area (Å²) in [5.74, 6) is -0.616. The lowest BCUT2D eigenvalue weighted by Gasteiger charge is -2.24. The van der Waals surface area contributed by atoms with E-state index in [0.29, 0.717) is 26.2 Å². The van der Waals surface area contributed by atoms with E-state index >= 15 is 0 Å². The summed E-state index contributed by atoms with van der Waals surface area (Å²) in [6.07, 6.45) is 1.77. The Hall–Kier alpha value is -3.57. The van der Waals surface area contributed by atoms with E-state index in [4.69, 9.17) is 4.74 Å². The topological polar surface area (TPSA) is 107 Å². The number of esters is 1. The van der Waals surface area contributed by atoms with Crippen molar-refractivity contribution in [1.82, 2.24) is 4.57 Å². The molecule has 2 aromatic carbocycles. The van der Waals surface area contributed by atoms with Gasteiger partial charge < -0.3 is 9.64 Å². The second kappa shape index (κ2) is 10.4. The average Bonchev–Trinajstić information content (AvgIpc) is 3.12. The van der Waals surface area contributed by atoms with Gasteiger partial charge in [-0.25, -0.2) is 9.79 Å². The molecule has 2 heterocycles. The van der Waals surface area contributed by atoms with Crippen LogP contribution in [0.15, 0.2) is 61.9 Å². The normalized spacial score (nSPS) is 15.3. The Morgan fingerprint density at radius 2 is 2.00 bits per heavy atom. The third kappa shape index (κ3) is 5.01. The first-order valence-electron chi connectivity index (χ1n) is 11.4. The maximum Gasteiger partial charge on any atom is 0.338 e. The lowest BCUT2D eigenvalue weighted by Crippen LogP contribution is -2.40. The lowest BCUT2D eigenvalue weighted by molar-refractivity contribution is -0.385. The van der Waals surface area contributed by atoms with Crippen molar-refractivity contribution < 1.29 is 14.5 Å². The summed E-state index contributed by atoms with van der Waals surface area (Å²) in [5.41, 5.74) is 2.85. The summed E-state index contributed by atoms with van der Waals surface area (Å²) < 4.78 is 8.01. The van der Waals surface area contributed by atoms with Crippen LogP contribution in [-0.2, 0) is 9.53 Å². The number of halogens is 1. The van der Waals surface area contributed by atoms with Gasteiger partial charge in [0.2, 0.25) is 0 Å². The summed E-state index contributed by atoms with van der Waals surface area (Å²) in [7, 11) is 3.88. The van der Waals surface area contributed by atoms with Gasteiger partial charge in [-0.1, -0.05) is 29.5 Å². The average molecular weight is 585 g/mol. The SMILES string of the molecule is CCOC(=O)C1=C(C)N=c2s/c(=C/c3ccc(N(C)C)c(Br)c3)c(=O)n2[C@@H]1c1ccc(C)c([N+](=O)[O-])c1. The highest BCUT2D eigenvalue weighted by molar-refractivity contribution is 9.10. The van der Waals surface area contributed by atoms with Crippen LogP contribution in [0.1, 0.15) is 36.6 Å². The van der Waals surface area contributed by atoms with Crippen molar-refractivity contribution in [2.24, 2.45) is 4.99 Å².